The number of imidazole rings is 1. The number of hydrogen-bond donors (Lipinski definition) is 2. The predicted molar refractivity (Wildman–Crippen MR) is 113 cm³/mol. The van der Waals surface area contributed by atoms with E-state index in [1.807, 2.05) is 30.8 Å². The second-order valence-electron chi connectivity index (χ2n) is 7.72. The average Bonchev–Trinajstić information content (AvgIpc) is 3.19. The maximum absolute atomic E-state index is 9.76. The molecule has 1 aliphatic heterocycles. The topological polar surface area (TPSA) is 104 Å². The van der Waals surface area contributed by atoms with E-state index >= 15 is 0 Å². The van der Waals surface area contributed by atoms with Gasteiger partial charge in [-0.1, -0.05) is 0 Å². The first-order chi connectivity index (χ1) is 14.6. The molecule has 0 aliphatic carbocycles. The Morgan fingerprint density at radius 3 is 2.80 bits per heavy atom. The van der Waals surface area contributed by atoms with E-state index in [1.54, 1.807) is 25.0 Å². The lowest BCUT2D eigenvalue weighted by molar-refractivity contribution is -0.135. The lowest BCUT2D eigenvalue weighted by atomic mass is 10.2. The summed E-state index contributed by atoms with van der Waals surface area (Å²) in [5.41, 5.74) is 2.60. The van der Waals surface area contributed by atoms with Crippen molar-refractivity contribution in [3.8, 4) is 0 Å². The largest absolute Gasteiger partial charge is 0.394 e. The van der Waals surface area contributed by atoms with Crippen LogP contribution >= 0.6 is 0 Å². The van der Waals surface area contributed by atoms with Gasteiger partial charge in [-0.25, -0.2) is 15.0 Å². The van der Waals surface area contributed by atoms with E-state index in [4.69, 9.17) is 4.74 Å². The van der Waals surface area contributed by atoms with E-state index < -0.39 is 0 Å². The highest BCUT2D eigenvalue weighted by Crippen LogP contribution is 2.26. The molecule has 1 saturated heterocycles. The van der Waals surface area contributed by atoms with E-state index in [1.165, 1.54) is 5.56 Å². The van der Waals surface area contributed by atoms with Gasteiger partial charge in [0.1, 0.15) is 12.6 Å². The smallest absolute Gasteiger partial charge is 0.167 e. The van der Waals surface area contributed by atoms with Crippen LogP contribution in [-0.4, -0.2) is 92.4 Å². The van der Waals surface area contributed by atoms with Crippen LogP contribution in [0.1, 0.15) is 11.8 Å². The molecule has 0 radical (unpaired) electrons. The van der Waals surface area contributed by atoms with Gasteiger partial charge in [0.05, 0.1) is 19.0 Å². The minimum atomic E-state index is -0.299. The van der Waals surface area contributed by atoms with E-state index in [0.717, 1.165) is 19.6 Å². The number of aliphatic hydroxyl groups is 1. The minimum absolute atomic E-state index is 0.0394. The third-order valence-corrected chi connectivity index (χ3v) is 5.11. The number of anilines is 1. The summed E-state index contributed by atoms with van der Waals surface area (Å²) < 4.78 is 8.07. The molecule has 0 unspecified atom stereocenters. The Kier molecular flexibility index (Phi) is 6.48. The predicted octanol–water partition coefficient (Wildman–Crippen LogP) is 0.587. The van der Waals surface area contributed by atoms with Crippen molar-refractivity contribution in [1.29, 1.82) is 0 Å². The van der Waals surface area contributed by atoms with Crippen molar-refractivity contribution in [1.82, 2.24) is 34.3 Å². The van der Waals surface area contributed by atoms with Gasteiger partial charge < -0.3 is 20.1 Å². The number of aliphatic hydroxyl groups excluding tert-OH is 1. The fourth-order valence-corrected chi connectivity index (χ4v) is 3.61. The Labute approximate surface area is 175 Å². The van der Waals surface area contributed by atoms with Crippen molar-refractivity contribution in [2.24, 2.45) is 0 Å². The van der Waals surface area contributed by atoms with Crippen molar-refractivity contribution in [2.75, 3.05) is 52.2 Å². The lowest BCUT2D eigenvalue weighted by Crippen LogP contribution is -2.46. The highest BCUT2D eigenvalue weighted by molar-refractivity contribution is 5.82. The Morgan fingerprint density at radius 2 is 2.03 bits per heavy atom. The minimum Gasteiger partial charge on any atom is -0.394 e. The zero-order valence-corrected chi connectivity index (χ0v) is 17.3. The van der Waals surface area contributed by atoms with Gasteiger partial charge in [-0.05, 0) is 31.8 Å². The van der Waals surface area contributed by atoms with Gasteiger partial charge in [0.25, 0.3) is 0 Å². The monoisotopic (exact) mass is 412 g/mol. The molecule has 1 aliphatic rings. The van der Waals surface area contributed by atoms with E-state index in [-0.39, 0.29) is 18.9 Å². The lowest BCUT2D eigenvalue weighted by Gasteiger charge is -2.37. The van der Waals surface area contributed by atoms with E-state index in [0.29, 0.717) is 30.1 Å². The first kappa shape index (κ1) is 20.6. The molecule has 0 amide bonds. The maximum atomic E-state index is 9.76. The second kappa shape index (κ2) is 9.43. The Hall–Kier alpha value is -2.66. The summed E-state index contributed by atoms with van der Waals surface area (Å²) in [6.45, 7) is 3.70. The summed E-state index contributed by atoms with van der Waals surface area (Å²) in [4.78, 5) is 21.8. The molecule has 0 spiro atoms. The molecule has 10 nitrogen and oxygen atoms in total. The van der Waals surface area contributed by atoms with Crippen LogP contribution < -0.4 is 5.32 Å². The van der Waals surface area contributed by atoms with Crippen LogP contribution in [-0.2, 0) is 11.3 Å². The quantitative estimate of drug-likeness (QED) is 0.550. The fourth-order valence-electron chi connectivity index (χ4n) is 3.61. The standard InChI is InChI=1S/C20H28N8O2/c1-26(2)8-7-22-19-18-20(24-13-23-19)28(14-25-18)17-11-27(10-16(12-29)30-17)9-15-3-5-21-6-4-15/h3-6,13-14,16-17,29H,7-12H2,1-2H3,(H,22,23,24)/t16-,17+/m0/s1. The number of hydrogen-bond acceptors (Lipinski definition) is 9. The van der Waals surface area contributed by atoms with Crippen LogP contribution in [0.25, 0.3) is 11.2 Å². The number of aromatic nitrogens is 5. The molecule has 4 heterocycles. The van der Waals surface area contributed by atoms with Gasteiger partial charge in [-0.3, -0.25) is 14.5 Å². The number of nitrogens with zero attached hydrogens (tertiary/aromatic N) is 7. The zero-order chi connectivity index (χ0) is 20.9. The van der Waals surface area contributed by atoms with Crippen molar-refractivity contribution in [2.45, 2.75) is 18.9 Å². The Morgan fingerprint density at radius 1 is 1.20 bits per heavy atom. The molecular formula is C20H28N8O2. The van der Waals surface area contributed by atoms with Gasteiger partial charge in [0.15, 0.2) is 17.0 Å². The molecule has 30 heavy (non-hydrogen) atoms. The average molecular weight is 412 g/mol. The van der Waals surface area contributed by atoms with Crippen LogP contribution in [0, 0.1) is 0 Å². The molecule has 10 heteroatoms. The third kappa shape index (κ3) is 4.73. The summed E-state index contributed by atoms with van der Waals surface area (Å²) in [5.74, 6) is 0.712. The molecule has 0 aromatic carbocycles. The van der Waals surface area contributed by atoms with Gasteiger partial charge in [-0.2, -0.15) is 0 Å². The van der Waals surface area contributed by atoms with Gasteiger partial charge in [0.2, 0.25) is 0 Å². The maximum Gasteiger partial charge on any atom is 0.167 e. The molecule has 1 fully saturated rings. The highest BCUT2D eigenvalue weighted by atomic mass is 16.5. The Bertz CT molecular complexity index is 948. The van der Waals surface area contributed by atoms with Crippen molar-refractivity contribution >= 4 is 17.0 Å². The van der Waals surface area contributed by atoms with Gasteiger partial charge >= 0.3 is 0 Å². The molecule has 2 atom stereocenters. The number of fused-ring (bicyclic) bond motifs is 1. The molecule has 0 saturated carbocycles. The van der Waals surface area contributed by atoms with Crippen LogP contribution in [0.4, 0.5) is 5.82 Å². The molecule has 0 bridgehead atoms. The molecule has 4 rings (SSSR count). The summed E-state index contributed by atoms with van der Waals surface area (Å²) in [5, 5.41) is 13.1. The number of ether oxygens (including phenoxy) is 1. The zero-order valence-electron chi connectivity index (χ0n) is 17.3. The number of likely N-dealkylation sites (N-methyl/N-ethyl adjacent to an activating group) is 1. The van der Waals surface area contributed by atoms with Crippen molar-refractivity contribution in [3.05, 3.63) is 42.7 Å². The number of nitrogens with one attached hydrogen (secondary N) is 1. The van der Waals surface area contributed by atoms with Crippen LogP contribution in [0.5, 0.6) is 0 Å². The summed E-state index contributed by atoms with van der Waals surface area (Å²) in [6, 6.07) is 4.01. The SMILES string of the molecule is CN(C)CCNc1ncnc2c1ncn2[C@H]1CN(Cc2ccncc2)C[C@@H](CO)O1. The third-order valence-electron chi connectivity index (χ3n) is 5.11. The number of morpholine rings is 1. The van der Waals surface area contributed by atoms with E-state index in [2.05, 4.69) is 35.1 Å². The Balaban J connectivity index is 1.54. The summed E-state index contributed by atoms with van der Waals surface area (Å²) in [6.07, 6.45) is 6.30. The van der Waals surface area contributed by atoms with Crippen LogP contribution in [0.2, 0.25) is 0 Å². The highest BCUT2D eigenvalue weighted by Gasteiger charge is 2.30. The molecule has 3 aromatic heterocycles. The van der Waals surface area contributed by atoms with Gasteiger partial charge in [0, 0.05) is 45.1 Å². The molecule has 160 valence electrons. The van der Waals surface area contributed by atoms with E-state index in [9.17, 15) is 5.11 Å². The molecular weight excluding hydrogens is 384 g/mol. The van der Waals surface area contributed by atoms with Gasteiger partial charge in [-0.15, -0.1) is 0 Å². The van der Waals surface area contributed by atoms with Crippen LogP contribution in [0.15, 0.2) is 37.2 Å². The summed E-state index contributed by atoms with van der Waals surface area (Å²) in [7, 11) is 4.06. The second-order valence-corrected chi connectivity index (χ2v) is 7.72. The normalized spacial score (nSPS) is 20.1. The molecule has 2 N–H and O–H groups in total. The first-order valence-corrected chi connectivity index (χ1v) is 10.1. The number of pyridine rings is 1. The fraction of sp³-hybridized carbons (Fsp3) is 0.500. The summed E-state index contributed by atoms with van der Waals surface area (Å²) >= 11 is 0. The van der Waals surface area contributed by atoms with Crippen molar-refractivity contribution in [3.63, 3.8) is 0 Å². The first-order valence-electron chi connectivity index (χ1n) is 10.1. The van der Waals surface area contributed by atoms with Crippen molar-refractivity contribution < 1.29 is 9.84 Å². The molecule has 3 aromatic rings. The van der Waals surface area contributed by atoms with Crippen LogP contribution in [0.3, 0.4) is 0 Å². The number of rotatable bonds is 8.